The topological polar surface area (TPSA) is 191 Å². The van der Waals surface area contributed by atoms with Crippen molar-refractivity contribution in [2.45, 2.75) is 233 Å². The van der Waals surface area contributed by atoms with Crippen molar-refractivity contribution >= 4 is 41.2 Å². The summed E-state index contributed by atoms with van der Waals surface area (Å²) in [6.07, 6.45) is 19.7. The molecule has 0 unspecified atom stereocenters. The highest BCUT2D eigenvalue weighted by Crippen LogP contribution is 2.16. The minimum Gasteiger partial charge on any atom is -0.550 e. The maximum Gasteiger partial charge on any atom is 0.243 e. The number of nitrogens with one attached hydrogen (secondary N) is 4. The highest BCUT2D eigenvalue weighted by molar-refractivity contribution is 6.39. The minimum absolute atomic E-state index is 0.00590. The Bertz CT molecular complexity index is 1330. The van der Waals surface area contributed by atoms with E-state index in [1.807, 2.05) is 41.5 Å². The van der Waals surface area contributed by atoms with Gasteiger partial charge in [0.1, 0.15) is 18.1 Å². The van der Waals surface area contributed by atoms with Gasteiger partial charge < -0.3 is 35.7 Å². The van der Waals surface area contributed by atoms with Crippen molar-refractivity contribution in [3.8, 4) is 0 Å². The number of rotatable bonds is 40. The lowest BCUT2D eigenvalue weighted by Crippen LogP contribution is -2.58. The second-order valence-electron chi connectivity index (χ2n) is 20.4. The lowest BCUT2D eigenvalue weighted by atomic mass is 9.97. The van der Waals surface area contributed by atoms with Crippen molar-refractivity contribution in [3.63, 3.8) is 0 Å². The van der Waals surface area contributed by atoms with Crippen molar-refractivity contribution in [2.24, 2.45) is 17.8 Å². The molecule has 0 fully saturated rings. The van der Waals surface area contributed by atoms with Crippen LogP contribution in [0.15, 0.2) is 0 Å². The number of carbonyl (C=O) groups excluding carboxylic acids is 7. The van der Waals surface area contributed by atoms with Gasteiger partial charge in [-0.05, 0) is 75.5 Å². The summed E-state index contributed by atoms with van der Waals surface area (Å²) in [4.78, 5) is 92.3. The lowest BCUT2D eigenvalue weighted by Gasteiger charge is -2.28. The number of amides is 4. The van der Waals surface area contributed by atoms with E-state index in [2.05, 4.69) is 49.3 Å². The van der Waals surface area contributed by atoms with Gasteiger partial charge in [0.15, 0.2) is 0 Å². The number of hydrogen-bond acceptors (Lipinski definition) is 8. The van der Waals surface area contributed by atoms with Crippen LogP contribution in [0.5, 0.6) is 0 Å². The number of ketones is 2. The maximum atomic E-state index is 13.9. The summed E-state index contributed by atoms with van der Waals surface area (Å²) in [5.41, 5.74) is 0. The van der Waals surface area contributed by atoms with Crippen LogP contribution in [-0.2, 0) is 33.6 Å². The van der Waals surface area contributed by atoms with Crippen LogP contribution < -0.4 is 26.4 Å². The number of carboxylic acid groups (broad SMARTS) is 1. The average molecular weight is 892 g/mol. The third-order valence-corrected chi connectivity index (χ3v) is 11.3. The first kappa shape index (κ1) is 59.6. The normalized spacial score (nSPS) is 13.7. The van der Waals surface area contributed by atoms with Crippen molar-refractivity contribution in [1.29, 1.82) is 0 Å². The molecule has 63 heavy (non-hydrogen) atoms. The zero-order valence-corrected chi connectivity index (χ0v) is 41.6. The minimum atomic E-state index is -1.42. The molecular formula is C50H93N5O8. The Kier molecular flexibility index (Phi) is 33.1. The first-order chi connectivity index (χ1) is 29.7. The molecule has 0 saturated heterocycles. The van der Waals surface area contributed by atoms with Crippen LogP contribution in [0.1, 0.15) is 209 Å². The van der Waals surface area contributed by atoms with Gasteiger partial charge in [-0.1, -0.05) is 138 Å². The van der Waals surface area contributed by atoms with E-state index in [-0.39, 0.29) is 49.3 Å². The number of carboxylic acids is 1. The fourth-order valence-corrected chi connectivity index (χ4v) is 7.75. The van der Waals surface area contributed by atoms with E-state index in [0.717, 1.165) is 55.8 Å². The number of unbranched alkanes of at least 4 members (excludes halogenated alkanes) is 16. The monoisotopic (exact) mass is 892 g/mol. The van der Waals surface area contributed by atoms with E-state index in [0.29, 0.717) is 19.3 Å². The van der Waals surface area contributed by atoms with E-state index >= 15 is 0 Å². The van der Waals surface area contributed by atoms with Gasteiger partial charge in [0.25, 0.3) is 0 Å². The predicted octanol–water partition coefficient (Wildman–Crippen LogP) is 7.26. The smallest absolute Gasteiger partial charge is 0.243 e. The molecule has 4 amide bonds. The second kappa shape index (κ2) is 35.0. The molecule has 0 spiro atoms. The number of aliphatic carboxylic acids is 1. The zero-order chi connectivity index (χ0) is 47.8. The zero-order valence-electron chi connectivity index (χ0n) is 41.6. The summed E-state index contributed by atoms with van der Waals surface area (Å²) in [6.45, 7) is 14.8. The average Bonchev–Trinajstić information content (AvgIpc) is 3.18. The van der Waals surface area contributed by atoms with Gasteiger partial charge in [0, 0.05) is 18.8 Å². The molecule has 0 aromatic carbocycles. The Labute approximate surface area is 383 Å². The van der Waals surface area contributed by atoms with Gasteiger partial charge in [-0.2, -0.15) is 0 Å². The van der Waals surface area contributed by atoms with Crippen molar-refractivity contribution in [3.05, 3.63) is 0 Å². The van der Waals surface area contributed by atoms with E-state index in [1.165, 1.54) is 64.3 Å². The molecule has 4 N–H and O–H groups in total. The maximum absolute atomic E-state index is 13.9. The number of carbonyl (C=O) groups is 7. The first-order valence-electron chi connectivity index (χ1n) is 24.9. The second-order valence-corrected chi connectivity index (χ2v) is 20.4. The number of Topliss-reactive ketones (excluding diaryl/α,β-unsaturated/α-hetero) is 2. The summed E-state index contributed by atoms with van der Waals surface area (Å²) in [5, 5.41) is 22.5. The lowest BCUT2D eigenvalue weighted by molar-refractivity contribution is -0.870. The van der Waals surface area contributed by atoms with Crippen LogP contribution in [-0.4, -0.2) is 97.5 Å². The Balaban J connectivity index is 5.54. The Hall–Kier alpha value is -3.35. The summed E-state index contributed by atoms with van der Waals surface area (Å²) in [7, 11) is 6.64. The van der Waals surface area contributed by atoms with E-state index in [1.54, 1.807) is 0 Å². The van der Waals surface area contributed by atoms with Gasteiger partial charge in [-0.3, -0.25) is 28.8 Å². The van der Waals surface area contributed by atoms with Gasteiger partial charge >= 0.3 is 0 Å². The van der Waals surface area contributed by atoms with E-state index < -0.39 is 65.8 Å². The molecule has 0 rings (SSSR count). The van der Waals surface area contributed by atoms with Crippen molar-refractivity contribution in [2.75, 3.05) is 27.7 Å². The third kappa shape index (κ3) is 32.9. The largest absolute Gasteiger partial charge is 0.550 e. The van der Waals surface area contributed by atoms with Crippen LogP contribution >= 0.6 is 0 Å². The summed E-state index contributed by atoms with van der Waals surface area (Å²) >= 11 is 0. The SMILES string of the molecule is CCCCCCCCCCCCC(=O)C(=O)[C@H](CCC(=O)[O-])NC(=O)[C@H](CC(C)C)NC(=O)[C@H](CC(C)C)NC(=O)[C@H](CC(C)C)NC(=O)CCCCCCCCCC[N+](C)(C)C. The van der Waals surface area contributed by atoms with Gasteiger partial charge in [-0.25, -0.2) is 0 Å². The van der Waals surface area contributed by atoms with E-state index in [9.17, 15) is 38.7 Å². The molecule has 0 bridgehead atoms. The highest BCUT2D eigenvalue weighted by Gasteiger charge is 2.33. The highest BCUT2D eigenvalue weighted by atomic mass is 16.4. The Morgan fingerprint density at radius 3 is 1.17 bits per heavy atom. The predicted molar refractivity (Wildman–Crippen MR) is 251 cm³/mol. The molecule has 13 nitrogen and oxygen atoms in total. The number of nitrogens with zero attached hydrogens (tertiary/aromatic N) is 1. The molecule has 0 heterocycles. The van der Waals surface area contributed by atoms with Crippen LogP contribution in [0.25, 0.3) is 0 Å². The summed E-state index contributed by atoms with van der Waals surface area (Å²) in [5.74, 6) is -5.00. The van der Waals surface area contributed by atoms with Gasteiger partial charge in [0.05, 0.1) is 33.7 Å². The quantitative estimate of drug-likeness (QED) is 0.0281. The molecule has 4 atom stereocenters. The summed E-state index contributed by atoms with van der Waals surface area (Å²) in [6, 6.07) is -4.41. The van der Waals surface area contributed by atoms with Gasteiger partial charge in [-0.15, -0.1) is 0 Å². The number of quaternary nitrogens is 1. The van der Waals surface area contributed by atoms with Gasteiger partial charge in [0.2, 0.25) is 35.2 Å². The molecule has 0 aliphatic carbocycles. The van der Waals surface area contributed by atoms with Crippen LogP contribution in [0.2, 0.25) is 0 Å². The van der Waals surface area contributed by atoms with Crippen molar-refractivity contribution < 1.29 is 43.2 Å². The molecule has 0 aliphatic rings. The fourth-order valence-electron chi connectivity index (χ4n) is 7.75. The van der Waals surface area contributed by atoms with Crippen LogP contribution in [0.4, 0.5) is 0 Å². The fraction of sp³-hybridized carbons (Fsp3) is 0.860. The molecular weight excluding hydrogens is 799 g/mol. The van der Waals surface area contributed by atoms with Crippen LogP contribution in [0.3, 0.4) is 0 Å². The molecule has 0 radical (unpaired) electrons. The first-order valence-corrected chi connectivity index (χ1v) is 24.9. The van der Waals surface area contributed by atoms with Crippen molar-refractivity contribution in [1.82, 2.24) is 21.3 Å². The molecule has 0 aromatic heterocycles. The third-order valence-electron chi connectivity index (χ3n) is 11.3. The standard InChI is InChI=1S/C50H93N5O8/c1-11-12-13-14-15-16-17-20-23-26-29-44(56)47(60)40(31-32-46(58)59)52-49(62)42(35-38(4)5)54-50(63)43(36-39(6)7)53-48(61)41(34-37(2)3)51-45(57)30-27-24-21-18-19-22-25-28-33-55(8,9)10/h37-43H,11-36H2,1-10H3,(H4-,51,52,53,54,57,58,59,61,62,63)/t40-,41-,42-,43-/m0/s1. The molecule has 0 aromatic rings. The molecule has 0 saturated carbocycles. The molecule has 13 heteroatoms. The Morgan fingerprint density at radius 1 is 0.444 bits per heavy atom. The van der Waals surface area contributed by atoms with E-state index in [4.69, 9.17) is 0 Å². The van der Waals surface area contributed by atoms with Crippen LogP contribution in [0, 0.1) is 17.8 Å². The number of hydrogen-bond donors (Lipinski definition) is 4. The molecule has 366 valence electrons. The summed E-state index contributed by atoms with van der Waals surface area (Å²) < 4.78 is 0.989. The Morgan fingerprint density at radius 2 is 0.794 bits per heavy atom. The molecule has 0 aliphatic heterocycles.